The van der Waals surface area contributed by atoms with Gasteiger partial charge in [-0.2, -0.15) is 0 Å². The van der Waals surface area contributed by atoms with Crippen LogP contribution in [0, 0.1) is 4.77 Å². The summed E-state index contributed by atoms with van der Waals surface area (Å²) in [6.45, 7) is 8.69. The van der Waals surface area contributed by atoms with Crippen LogP contribution >= 0.6 is 12.2 Å². The van der Waals surface area contributed by atoms with E-state index in [-0.39, 0.29) is 18.3 Å². The van der Waals surface area contributed by atoms with Crippen molar-refractivity contribution in [2.45, 2.75) is 26.8 Å². The van der Waals surface area contributed by atoms with Crippen LogP contribution in [0.1, 0.15) is 36.2 Å². The van der Waals surface area contributed by atoms with Crippen molar-refractivity contribution in [3.05, 3.63) is 62.6 Å². The van der Waals surface area contributed by atoms with E-state index in [0.29, 0.717) is 45.8 Å². The highest BCUT2D eigenvalue weighted by atomic mass is 32.1. The zero-order valence-corrected chi connectivity index (χ0v) is 19.7. The predicted molar refractivity (Wildman–Crippen MR) is 129 cm³/mol. The number of fused-ring (bicyclic) bond motifs is 2. The summed E-state index contributed by atoms with van der Waals surface area (Å²) in [7, 11) is 0. The minimum absolute atomic E-state index is 0.0904. The van der Waals surface area contributed by atoms with Crippen molar-refractivity contribution in [3.8, 4) is 11.5 Å². The highest BCUT2D eigenvalue weighted by Crippen LogP contribution is 2.34. The van der Waals surface area contributed by atoms with E-state index in [9.17, 15) is 9.59 Å². The van der Waals surface area contributed by atoms with Crippen molar-refractivity contribution in [1.82, 2.24) is 14.9 Å². The largest absolute Gasteiger partial charge is 0.454 e. The SMILES string of the molecule is CC[NH+](CC)CCCNC(=O)c1ccc(Cn2c(=S)[nH]c3cc4c(cc3c2=O)OCO4)cc1. The Morgan fingerprint density at radius 2 is 1.85 bits per heavy atom. The second kappa shape index (κ2) is 10.2. The molecule has 0 aliphatic carbocycles. The number of nitrogens with one attached hydrogen (secondary N) is 3. The molecule has 2 aromatic carbocycles. The molecular formula is C24H29N4O4S+. The molecule has 0 saturated heterocycles. The van der Waals surface area contributed by atoms with E-state index >= 15 is 0 Å². The minimum Gasteiger partial charge on any atom is -0.454 e. The topological polar surface area (TPSA) is 89.8 Å². The van der Waals surface area contributed by atoms with Crippen molar-refractivity contribution in [2.75, 3.05) is 33.0 Å². The lowest BCUT2D eigenvalue weighted by Gasteiger charge is -2.15. The predicted octanol–water partition coefficient (Wildman–Crippen LogP) is 1.88. The summed E-state index contributed by atoms with van der Waals surface area (Å²) >= 11 is 5.43. The summed E-state index contributed by atoms with van der Waals surface area (Å²) in [6.07, 6.45) is 0.949. The maximum Gasteiger partial charge on any atom is 0.262 e. The number of nitrogens with zero attached hydrogens (tertiary/aromatic N) is 1. The van der Waals surface area contributed by atoms with Gasteiger partial charge in [0.05, 0.1) is 37.1 Å². The quantitative estimate of drug-likeness (QED) is 0.329. The van der Waals surface area contributed by atoms with Gasteiger partial charge in [-0.15, -0.1) is 0 Å². The number of hydrogen-bond donors (Lipinski definition) is 3. The Morgan fingerprint density at radius 1 is 1.15 bits per heavy atom. The lowest BCUT2D eigenvalue weighted by molar-refractivity contribution is -0.896. The van der Waals surface area contributed by atoms with E-state index < -0.39 is 0 Å². The Hall–Kier alpha value is -3.17. The van der Waals surface area contributed by atoms with Crippen LogP contribution in [0.4, 0.5) is 0 Å². The van der Waals surface area contributed by atoms with Crippen molar-refractivity contribution in [1.29, 1.82) is 0 Å². The first-order chi connectivity index (χ1) is 16.0. The Morgan fingerprint density at radius 3 is 2.55 bits per heavy atom. The first-order valence-electron chi connectivity index (χ1n) is 11.3. The number of carbonyl (C=O) groups is 1. The van der Waals surface area contributed by atoms with Crippen LogP contribution < -0.4 is 25.2 Å². The van der Waals surface area contributed by atoms with Gasteiger partial charge in [-0.25, -0.2) is 0 Å². The number of hydrogen-bond acceptors (Lipinski definition) is 5. The maximum absolute atomic E-state index is 13.1. The number of rotatable bonds is 9. The molecule has 0 fully saturated rings. The fourth-order valence-electron chi connectivity index (χ4n) is 3.98. The highest BCUT2D eigenvalue weighted by molar-refractivity contribution is 7.71. The summed E-state index contributed by atoms with van der Waals surface area (Å²) in [5, 5.41) is 3.46. The van der Waals surface area contributed by atoms with Crippen LogP contribution in [0.3, 0.4) is 0 Å². The molecule has 0 spiro atoms. The standard InChI is InChI=1S/C24H28N4O4S/c1-3-27(4-2)11-5-10-25-22(29)17-8-6-16(7-9-17)14-28-23(30)18-12-20-21(32-15-31-20)13-19(18)26-24(28)33/h6-9,12-13H,3-5,10-11,14-15H2,1-2H3,(H,25,29)(H,26,33)/p+1. The molecule has 0 bridgehead atoms. The van der Waals surface area contributed by atoms with Crippen LogP contribution in [0.2, 0.25) is 0 Å². The summed E-state index contributed by atoms with van der Waals surface area (Å²) in [6, 6.07) is 10.7. The third-order valence-electron chi connectivity index (χ3n) is 6.02. The Bertz CT molecular complexity index is 1260. The van der Waals surface area contributed by atoms with E-state index in [1.165, 1.54) is 9.47 Å². The molecule has 0 atom stereocenters. The number of ether oxygens (including phenoxy) is 2. The van der Waals surface area contributed by atoms with Gasteiger partial charge in [0.25, 0.3) is 11.5 Å². The Labute approximate surface area is 197 Å². The smallest absolute Gasteiger partial charge is 0.262 e. The average molecular weight is 470 g/mol. The van der Waals surface area contributed by atoms with Gasteiger partial charge in [0, 0.05) is 24.6 Å². The van der Waals surface area contributed by atoms with Crippen molar-refractivity contribution < 1.29 is 19.2 Å². The lowest BCUT2D eigenvalue weighted by Crippen LogP contribution is -3.11. The maximum atomic E-state index is 13.1. The van der Waals surface area contributed by atoms with Gasteiger partial charge in [-0.1, -0.05) is 12.1 Å². The molecule has 9 heteroatoms. The molecule has 8 nitrogen and oxygen atoms in total. The molecule has 2 heterocycles. The highest BCUT2D eigenvalue weighted by Gasteiger charge is 2.17. The fourth-order valence-corrected chi connectivity index (χ4v) is 4.23. The van der Waals surface area contributed by atoms with Gasteiger partial charge in [-0.3, -0.25) is 14.2 Å². The van der Waals surface area contributed by atoms with Crippen LogP contribution in [0.25, 0.3) is 10.9 Å². The van der Waals surface area contributed by atoms with Crippen molar-refractivity contribution in [3.63, 3.8) is 0 Å². The number of aromatic nitrogens is 2. The van der Waals surface area contributed by atoms with Crippen LogP contribution in [0.15, 0.2) is 41.2 Å². The van der Waals surface area contributed by atoms with Gasteiger partial charge in [-0.05, 0) is 49.8 Å². The first kappa shape index (κ1) is 23.0. The number of carbonyl (C=O) groups excluding carboxylic acids is 1. The molecule has 0 saturated carbocycles. The molecule has 1 aliphatic rings. The molecule has 4 rings (SSSR count). The molecule has 174 valence electrons. The van der Waals surface area contributed by atoms with Crippen LogP contribution in [0.5, 0.6) is 11.5 Å². The van der Waals surface area contributed by atoms with Gasteiger partial charge >= 0.3 is 0 Å². The number of amides is 1. The molecular weight excluding hydrogens is 440 g/mol. The minimum atomic E-state index is -0.204. The van der Waals surface area contributed by atoms with Crippen molar-refractivity contribution in [2.24, 2.45) is 0 Å². The molecule has 33 heavy (non-hydrogen) atoms. The lowest BCUT2D eigenvalue weighted by atomic mass is 10.1. The fraction of sp³-hybridized carbons (Fsp3) is 0.375. The summed E-state index contributed by atoms with van der Waals surface area (Å²) < 4.78 is 12.6. The molecule has 0 radical (unpaired) electrons. The van der Waals surface area contributed by atoms with E-state index in [4.69, 9.17) is 21.7 Å². The van der Waals surface area contributed by atoms with Gasteiger partial charge < -0.3 is 24.7 Å². The third kappa shape index (κ3) is 5.09. The van der Waals surface area contributed by atoms with Crippen LogP contribution in [-0.4, -0.2) is 48.4 Å². The number of quaternary nitrogens is 1. The normalized spacial score (nSPS) is 12.5. The molecule has 3 aromatic rings. The Kier molecular flexibility index (Phi) is 7.10. The van der Waals surface area contributed by atoms with Gasteiger partial charge in [0.2, 0.25) is 6.79 Å². The molecule has 1 aromatic heterocycles. The number of benzene rings is 2. The molecule has 1 aliphatic heterocycles. The summed E-state index contributed by atoms with van der Waals surface area (Å²) in [5.41, 5.74) is 1.88. The Balaban J connectivity index is 1.44. The van der Waals surface area contributed by atoms with E-state index in [1.54, 1.807) is 24.3 Å². The third-order valence-corrected chi connectivity index (χ3v) is 6.35. The second-order valence-corrected chi connectivity index (χ2v) is 8.47. The first-order valence-corrected chi connectivity index (χ1v) is 11.7. The number of aromatic amines is 1. The zero-order chi connectivity index (χ0) is 23.4. The average Bonchev–Trinajstić information content (AvgIpc) is 3.28. The zero-order valence-electron chi connectivity index (χ0n) is 18.9. The van der Waals surface area contributed by atoms with E-state index in [1.807, 2.05) is 12.1 Å². The molecule has 0 unspecified atom stereocenters. The monoisotopic (exact) mass is 469 g/mol. The van der Waals surface area contributed by atoms with E-state index in [0.717, 1.165) is 31.6 Å². The van der Waals surface area contributed by atoms with E-state index in [2.05, 4.69) is 24.1 Å². The van der Waals surface area contributed by atoms with Crippen molar-refractivity contribution >= 4 is 29.0 Å². The van der Waals surface area contributed by atoms with Gasteiger partial charge in [0.1, 0.15) is 0 Å². The number of H-pyrrole nitrogens is 1. The summed E-state index contributed by atoms with van der Waals surface area (Å²) in [5.74, 6) is 1.05. The molecule has 3 N–H and O–H groups in total. The molecule has 1 amide bonds. The van der Waals surface area contributed by atoms with Gasteiger partial charge in [0.15, 0.2) is 16.3 Å². The summed E-state index contributed by atoms with van der Waals surface area (Å²) in [4.78, 5) is 30.1. The van der Waals surface area contributed by atoms with Crippen LogP contribution in [-0.2, 0) is 6.54 Å². The second-order valence-electron chi connectivity index (χ2n) is 8.09.